The van der Waals surface area contributed by atoms with Crippen LogP contribution in [-0.4, -0.2) is 26.3 Å². The van der Waals surface area contributed by atoms with Crippen molar-refractivity contribution in [1.82, 2.24) is 4.98 Å². The largest absolute Gasteiger partial charge is 0.493 e. The average molecular weight is 250 g/mol. The van der Waals surface area contributed by atoms with E-state index in [0.29, 0.717) is 0 Å². The van der Waals surface area contributed by atoms with Crippen molar-refractivity contribution in [3.05, 3.63) is 24.4 Å². The maximum absolute atomic E-state index is 5.40. The minimum Gasteiger partial charge on any atom is -0.493 e. The van der Waals surface area contributed by atoms with Crippen LogP contribution < -0.4 is 14.8 Å². The van der Waals surface area contributed by atoms with Crippen LogP contribution in [0.1, 0.15) is 0 Å². The molecule has 90 valence electrons. The third-order valence-corrected chi connectivity index (χ3v) is 3.44. The first-order valence-corrected chi connectivity index (χ1v) is 5.96. The second kappa shape index (κ2) is 5.05. The monoisotopic (exact) mass is 250 g/mol. The molecule has 0 spiro atoms. The SMILES string of the molecule is CNc1ncc(-c2cccc(OC)c2OC)s1. The van der Waals surface area contributed by atoms with Crippen molar-refractivity contribution in [3.8, 4) is 21.9 Å². The molecule has 1 aromatic heterocycles. The number of anilines is 1. The van der Waals surface area contributed by atoms with Crippen LogP contribution in [0, 0.1) is 0 Å². The standard InChI is InChI=1S/C12H14N2O2S/c1-13-12-14-7-10(17-12)8-5-4-6-9(15-2)11(8)16-3/h4-7H,1-3H3,(H,13,14). The molecule has 0 aliphatic heterocycles. The molecule has 0 aliphatic rings. The maximum atomic E-state index is 5.40. The van der Waals surface area contributed by atoms with Gasteiger partial charge < -0.3 is 14.8 Å². The van der Waals surface area contributed by atoms with E-state index in [1.807, 2.05) is 31.4 Å². The molecule has 2 aromatic rings. The van der Waals surface area contributed by atoms with Crippen LogP contribution in [0.2, 0.25) is 0 Å². The first kappa shape index (κ1) is 11.7. The Bertz CT molecular complexity index is 511. The van der Waals surface area contributed by atoms with Gasteiger partial charge in [-0.3, -0.25) is 0 Å². The predicted molar refractivity (Wildman–Crippen MR) is 70.2 cm³/mol. The summed E-state index contributed by atoms with van der Waals surface area (Å²) in [4.78, 5) is 5.30. The Morgan fingerprint density at radius 3 is 2.65 bits per heavy atom. The van der Waals surface area contributed by atoms with E-state index in [2.05, 4.69) is 10.3 Å². The number of benzene rings is 1. The van der Waals surface area contributed by atoms with Gasteiger partial charge in [0.05, 0.1) is 19.1 Å². The molecule has 1 N–H and O–H groups in total. The Morgan fingerprint density at radius 2 is 2.06 bits per heavy atom. The molecule has 4 nitrogen and oxygen atoms in total. The number of aromatic nitrogens is 1. The van der Waals surface area contributed by atoms with E-state index in [4.69, 9.17) is 9.47 Å². The van der Waals surface area contributed by atoms with Crippen LogP contribution in [0.15, 0.2) is 24.4 Å². The first-order valence-electron chi connectivity index (χ1n) is 5.15. The van der Waals surface area contributed by atoms with Crippen molar-refractivity contribution in [2.75, 3.05) is 26.6 Å². The van der Waals surface area contributed by atoms with Crippen molar-refractivity contribution >= 4 is 16.5 Å². The lowest BCUT2D eigenvalue weighted by Crippen LogP contribution is -1.92. The zero-order valence-electron chi connectivity index (χ0n) is 9.98. The number of nitrogens with one attached hydrogen (secondary N) is 1. The van der Waals surface area contributed by atoms with Gasteiger partial charge in [0, 0.05) is 18.8 Å². The molecular weight excluding hydrogens is 236 g/mol. The topological polar surface area (TPSA) is 43.4 Å². The van der Waals surface area contributed by atoms with Crippen molar-refractivity contribution < 1.29 is 9.47 Å². The number of hydrogen-bond acceptors (Lipinski definition) is 5. The molecule has 0 aliphatic carbocycles. The van der Waals surface area contributed by atoms with E-state index in [0.717, 1.165) is 27.1 Å². The van der Waals surface area contributed by atoms with Crippen LogP contribution in [0.25, 0.3) is 10.4 Å². The van der Waals surface area contributed by atoms with E-state index < -0.39 is 0 Å². The van der Waals surface area contributed by atoms with Gasteiger partial charge in [-0.2, -0.15) is 0 Å². The molecular formula is C12H14N2O2S. The zero-order chi connectivity index (χ0) is 12.3. The minimum absolute atomic E-state index is 0.726. The molecule has 2 rings (SSSR count). The molecule has 0 unspecified atom stereocenters. The Kier molecular flexibility index (Phi) is 3.49. The maximum Gasteiger partial charge on any atom is 0.182 e. The molecule has 5 heteroatoms. The fraction of sp³-hybridized carbons (Fsp3) is 0.250. The van der Waals surface area contributed by atoms with Crippen LogP contribution in [-0.2, 0) is 0 Å². The molecule has 0 radical (unpaired) electrons. The fourth-order valence-electron chi connectivity index (χ4n) is 1.60. The summed E-state index contributed by atoms with van der Waals surface area (Å²) in [6.07, 6.45) is 1.83. The quantitative estimate of drug-likeness (QED) is 0.906. The molecule has 0 fully saturated rings. The second-order valence-electron chi connectivity index (χ2n) is 3.32. The van der Waals surface area contributed by atoms with E-state index in [1.165, 1.54) is 0 Å². The summed E-state index contributed by atoms with van der Waals surface area (Å²) >= 11 is 1.58. The molecule has 17 heavy (non-hydrogen) atoms. The fourth-order valence-corrected chi connectivity index (χ4v) is 2.39. The van der Waals surface area contributed by atoms with E-state index in [9.17, 15) is 0 Å². The summed E-state index contributed by atoms with van der Waals surface area (Å²) in [5.74, 6) is 1.46. The van der Waals surface area contributed by atoms with Gasteiger partial charge in [-0.05, 0) is 12.1 Å². The molecule has 0 saturated heterocycles. The number of hydrogen-bond donors (Lipinski definition) is 1. The highest BCUT2D eigenvalue weighted by Crippen LogP contribution is 2.40. The molecule has 1 aromatic carbocycles. The molecule has 0 amide bonds. The minimum atomic E-state index is 0.726. The van der Waals surface area contributed by atoms with Crippen molar-refractivity contribution in [2.45, 2.75) is 0 Å². The predicted octanol–water partition coefficient (Wildman–Crippen LogP) is 2.87. The van der Waals surface area contributed by atoms with Gasteiger partial charge in [-0.1, -0.05) is 17.4 Å². The van der Waals surface area contributed by atoms with Gasteiger partial charge in [-0.15, -0.1) is 0 Å². The smallest absolute Gasteiger partial charge is 0.182 e. The number of para-hydroxylation sites is 1. The van der Waals surface area contributed by atoms with Crippen molar-refractivity contribution in [2.24, 2.45) is 0 Å². The van der Waals surface area contributed by atoms with Crippen LogP contribution >= 0.6 is 11.3 Å². The molecule has 1 heterocycles. The van der Waals surface area contributed by atoms with E-state index >= 15 is 0 Å². The van der Waals surface area contributed by atoms with Gasteiger partial charge >= 0.3 is 0 Å². The van der Waals surface area contributed by atoms with Gasteiger partial charge in [0.1, 0.15) is 0 Å². The Hall–Kier alpha value is -1.75. The van der Waals surface area contributed by atoms with E-state index in [-0.39, 0.29) is 0 Å². The Morgan fingerprint density at radius 1 is 1.24 bits per heavy atom. The lowest BCUT2D eigenvalue weighted by Gasteiger charge is -2.10. The molecule has 0 atom stereocenters. The summed E-state index contributed by atoms with van der Waals surface area (Å²) in [5.41, 5.74) is 0.992. The van der Waals surface area contributed by atoms with Crippen LogP contribution in [0.5, 0.6) is 11.5 Å². The Labute approximate surface area is 104 Å². The summed E-state index contributed by atoms with van der Waals surface area (Å²) in [6.45, 7) is 0. The summed E-state index contributed by atoms with van der Waals surface area (Å²) in [6, 6.07) is 5.81. The summed E-state index contributed by atoms with van der Waals surface area (Å²) in [5, 5.41) is 3.90. The summed E-state index contributed by atoms with van der Waals surface area (Å²) < 4.78 is 10.7. The zero-order valence-corrected chi connectivity index (χ0v) is 10.8. The molecule has 0 bridgehead atoms. The van der Waals surface area contributed by atoms with Crippen LogP contribution in [0.3, 0.4) is 0 Å². The van der Waals surface area contributed by atoms with Gasteiger partial charge in [0.2, 0.25) is 0 Å². The third-order valence-electron chi connectivity index (χ3n) is 2.39. The van der Waals surface area contributed by atoms with Gasteiger partial charge in [0.15, 0.2) is 16.6 Å². The van der Waals surface area contributed by atoms with Gasteiger partial charge in [-0.25, -0.2) is 4.98 Å². The number of methoxy groups -OCH3 is 2. The first-order chi connectivity index (χ1) is 8.30. The highest BCUT2D eigenvalue weighted by Gasteiger charge is 2.13. The number of ether oxygens (including phenoxy) is 2. The summed E-state index contributed by atoms with van der Waals surface area (Å²) in [7, 11) is 5.13. The highest BCUT2D eigenvalue weighted by atomic mass is 32.1. The highest BCUT2D eigenvalue weighted by molar-refractivity contribution is 7.18. The number of nitrogens with zero attached hydrogens (tertiary/aromatic N) is 1. The normalized spacial score (nSPS) is 10.1. The van der Waals surface area contributed by atoms with Gasteiger partial charge in [0.25, 0.3) is 0 Å². The average Bonchev–Trinajstić information content (AvgIpc) is 2.86. The van der Waals surface area contributed by atoms with Crippen LogP contribution in [0.4, 0.5) is 5.13 Å². The lowest BCUT2D eigenvalue weighted by atomic mass is 10.1. The van der Waals surface area contributed by atoms with E-state index in [1.54, 1.807) is 25.6 Å². The molecule has 0 saturated carbocycles. The van der Waals surface area contributed by atoms with Crippen molar-refractivity contribution in [1.29, 1.82) is 0 Å². The third kappa shape index (κ3) is 2.19. The number of thiazole rings is 1. The lowest BCUT2D eigenvalue weighted by molar-refractivity contribution is 0.356. The number of rotatable bonds is 4. The van der Waals surface area contributed by atoms with Crippen molar-refractivity contribution in [3.63, 3.8) is 0 Å². The second-order valence-corrected chi connectivity index (χ2v) is 4.35. The Balaban J connectivity index is 2.50.